The van der Waals surface area contributed by atoms with Gasteiger partial charge in [-0.3, -0.25) is 0 Å². The number of benzene rings is 1. The van der Waals surface area contributed by atoms with Crippen LogP contribution in [0.3, 0.4) is 0 Å². The molecule has 2 heterocycles. The van der Waals surface area contributed by atoms with E-state index in [1.165, 1.54) is 12.1 Å². The second kappa shape index (κ2) is 7.46. The van der Waals surface area contributed by atoms with Gasteiger partial charge < -0.3 is 10.4 Å². The van der Waals surface area contributed by atoms with E-state index in [2.05, 4.69) is 36.2 Å². The Hall–Kier alpha value is -2.26. The first-order chi connectivity index (χ1) is 14.1. The van der Waals surface area contributed by atoms with E-state index in [4.69, 9.17) is 0 Å². The van der Waals surface area contributed by atoms with Gasteiger partial charge in [0.05, 0.1) is 17.3 Å². The van der Waals surface area contributed by atoms with Crippen molar-refractivity contribution in [2.45, 2.75) is 44.8 Å². The zero-order valence-corrected chi connectivity index (χ0v) is 18.0. The number of hydrogen-bond acceptors (Lipinski definition) is 5. The molecule has 1 fully saturated rings. The van der Waals surface area contributed by atoms with E-state index >= 15 is 4.39 Å². The average molecular weight is 481 g/mol. The lowest BCUT2D eigenvalue weighted by molar-refractivity contribution is -0.191. The minimum absolute atomic E-state index is 0.0521. The molecule has 9 heteroatoms. The van der Waals surface area contributed by atoms with Crippen LogP contribution in [0, 0.1) is 18.7 Å². The highest BCUT2D eigenvalue weighted by Crippen LogP contribution is 2.52. The highest BCUT2D eigenvalue weighted by Gasteiger charge is 2.59. The molecule has 1 aromatic carbocycles. The van der Waals surface area contributed by atoms with E-state index in [-0.39, 0.29) is 12.1 Å². The summed E-state index contributed by atoms with van der Waals surface area (Å²) >= 11 is 3.30. The molecule has 0 bridgehead atoms. The minimum atomic E-state index is -3.71. The fourth-order valence-corrected chi connectivity index (χ4v) is 3.90. The SMILES string of the molecule is Cc1nc(NCc2cccc(C(F)(F)C(C)(O)C3CC3)c2F)c2cc(Br)ncc2n1. The predicted octanol–water partition coefficient (Wildman–Crippen LogP) is 5.10. The third-order valence-corrected chi connectivity index (χ3v) is 5.97. The molecule has 1 aliphatic rings. The first kappa shape index (κ1) is 21.0. The van der Waals surface area contributed by atoms with Gasteiger partial charge in [-0.1, -0.05) is 12.1 Å². The Balaban J connectivity index is 1.65. The number of halogens is 4. The zero-order valence-electron chi connectivity index (χ0n) is 16.4. The third-order valence-electron chi connectivity index (χ3n) is 5.53. The number of aromatic nitrogens is 3. The summed E-state index contributed by atoms with van der Waals surface area (Å²) in [7, 11) is 0. The molecule has 1 unspecified atom stereocenters. The van der Waals surface area contributed by atoms with Gasteiger partial charge in [0.15, 0.2) is 0 Å². The highest BCUT2D eigenvalue weighted by molar-refractivity contribution is 9.10. The van der Waals surface area contributed by atoms with Gasteiger partial charge in [0.1, 0.15) is 27.7 Å². The topological polar surface area (TPSA) is 70.9 Å². The molecule has 4 rings (SSSR count). The molecule has 5 nitrogen and oxygen atoms in total. The van der Waals surface area contributed by atoms with Crippen LogP contribution in [-0.4, -0.2) is 25.7 Å². The van der Waals surface area contributed by atoms with Gasteiger partial charge in [-0.25, -0.2) is 19.3 Å². The molecular formula is C21H20BrF3N4O. The molecule has 30 heavy (non-hydrogen) atoms. The van der Waals surface area contributed by atoms with E-state index < -0.39 is 28.8 Å². The molecule has 158 valence electrons. The molecule has 0 radical (unpaired) electrons. The molecule has 2 N–H and O–H groups in total. The number of fused-ring (bicyclic) bond motifs is 1. The van der Waals surface area contributed by atoms with E-state index in [1.807, 2.05) is 0 Å². The molecule has 0 aliphatic heterocycles. The second-order valence-corrected chi connectivity index (χ2v) is 8.58. The maximum atomic E-state index is 15.1. The van der Waals surface area contributed by atoms with Crippen molar-refractivity contribution in [3.8, 4) is 0 Å². The van der Waals surface area contributed by atoms with E-state index in [0.29, 0.717) is 40.0 Å². The first-order valence-electron chi connectivity index (χ1n) is 9.53. The smallest absolute Gasteiger partial charge is 0.304 e. The molecule has 1 saturated carbocycles. The lowest BCUT2D eigenvalue weighted by Gasteiger charge is -2.33. The number of alkyl halides is 2. The van der Waals surface area contributed by atoms with E-state index in [9.17, 15) is 13.9 Å². The highest BCUT2D eigenvalue weighted by atomic mass is 79.9. The van der Waals surface area contributed by atoms with Crippen LogP contribution in [0.1, 0.15) is 36.7 Å². The molecular weight excluding hydrogens is 461 g/mol. The number of nitrogens with zero attached hydrogens (tertiary/aromatic N) is 3. The predicted molar refractivity (Wildman–Crippen MR) is 111 cm³/mol. The zero-order chi connectivity index (χ0) is 21.7. The van der Waals surface area contributed by atoms with Crippen molar-refractivity contribution in [2.75, 3.05) is 5.32 Å². The number of pyridine rings is 1. The van der Waals surface area contributed by atoms with Gasteiger partial charge in [0.25, 0.3) is 0 Å². The van der Waals surface area contributed by atoms with E-state index in [0.717, 1.165) is 13.0 Å². The standard InChI is InChI=1S/C21H20BrF3N4O/c1-11-28-16-10-26-17(22)8-14(16)19(29-11)27-9-12-4-3-5-15(18(12)23)21(24,25)20(2,30)13-6-7-13/h3-5,8,10,13,30H,6-7,9H2,1-2H3,(H,27,28,29). The summed E-state index contributed by atoms with van der Waals surface area (Å²) in [5, 5.41) is 14.1. The van der Waals surface area contributed by atoms with Gasteiger partial charge in [-0.2, -0.15) is 8.78 Å². The molecule has 1 atom stereocenters. The van der Waals surface area contributed by atoms with Crippen LogP contribution in [-0.2, 0) is 12.5 Å². The van der Waals surface area contributed by atoms with Gasteiger partial charge >= 0.3 is 5.92 Å². The van der Waals surface area contributed by atoms with Crippen molar-refractivity contribution in [3.05, 3.63) is 57.8 Å². The Morgan fingerprint density at radius 3 is 2.70 bits per heavy atom. The summed E-state index contributed by atoms with van der Waals surface area (Å²) in [5.74, 6) is -4.33. The summed E-state index contributed by atoms with van der Waals surface area (Å²) in [4.78, 5) is 12.8. The fourth-order valence-electron chi connectivity index (χ4n) is 3.57. The quantitative estimate of drug-likeness (QED) is 0.480. The molecule has 0 saturated heterocycles. The Bertz CT molecular complexity index is 1120. The second-order valence-electron chi connectivity index (χ2n) is 7.77. The minimum Gasteiger partial charge on any atom is -0.383 e. The van der Waals surface area contributed by atoms with Crippen molar-refractivity contribution >= 4 is 32.7 Å². The number of hydrogen-bond donors (Lipinski definition) is 2. The number of anilines is 1. The molecule has 2 aromatic heterocycles. The fraction of sp³-hybridized carbons (Fsp3) is 0.381. The number of aryl methyl sites for hydroxylation is 1. The monoisotopic (exact) mass is 480 g/mol. The molecule has 0 spiro atoms. The number of rotatable bonds is 6. The lowest BCUT2D eigenvalue weighted by atomic mass is 9.86. The van der Waals surface area contributed by atoms with E-state index in [1.54, 1.807) is 19.2 Å². The van der Waals surface area contributed by atoms with Crippen LogP contribution in [0.4, 0.5) is 19.0 Å². The summed E-state index contributed by atoms with van der Waals surface area (Å²) < 4.78 is 45.6. The summed E-state index contributed by atoms with van der Waals surface area (Å²) in [6.07, 6.45) is 2.60. The molecule has 0 amide bonds. The van der Waals surface area contributed by atoms with Gasteiger partial charge in [0, 0.05) is 17.5 Å². The maximum Gasteiger partial charge on any atom is 0.304 e. The first-order valence-corrected chi connectivity index (χ1v) is 10.3. The van der Waals surface area contributed by atoms with Crippen LogP contribution in [0.2, 0.25) is 0 Å². The van der Waals surface area contributed by atoms with Crippen LogP contribution in [0.15, 0.2) is 35.1 Å². The van der Waals surface area contributed by atoms with Crippen LogP contribution in [0.25, 0.3) is 10.9 Å². The van der Waals surface area contributed by atoms with Gasteiger partial charge in [-0.15, -0.1) is 0 Å². The van der Waals surface area contributed by atoms with Crippen molar-refractivity contribution in [2.24, 2.45) is 5.92 Å². The van der Waals surface area contributed by atoms with Crippen LogP contribution in [0.5, 0.6) is 0 Å². The van der Waals surface area contributed by atoms with Crippen molar-refractivity contribution < 1.29 is 18.3 Å². The summed E-state index contributed by atoms with van der Waals surface area (Å²) in [6, 6.07) is 5.56. The average Bonchev–Trinajstić information content (AvgIpc) is 3.53. The summed E-state index contributed by atoms with van der Waals surface area (Å²) in [5.41, 5.74) is -2.43. The maximum absolute atomic E-state index is 15.1. The van der Waals surface area contributed by atoms with Crippen molar-refractivity contribution in [1.82, 2.24) is 15.0 Å². The van der Waals surface area contributed by atoms with Crippen molar-refractivity contribution in [1.29, 1.82) is 0 Å². The number of nitrogens with one attached hydrogen (secondary N) is 1. The Morgan fingerprint density at radius 1 is 1.27 bits per heavy atom. The van der Waals surface area contributed by atoms with Crippen molar-refractivity contribution in [3.63, 3.8) is 0 Å². The Labute approximate surface area is 179 Å². The molecule has 1 aliphatic carbocycles. The van der Waals surface area contributed by atoms with Crippen LogP contribution < -0.4 is 5.32 Å². The third kappa shape index (κ3) is 3.65. The Morgan fingerprint density at radius 2 is 2.00 bits per heavy atom. The Kier molecular flexibility index (Phi) is 5.22. The van der Waals surface area contributed by atoms with Gasteiger partial charge in [-0.05, 0) is 60.7 Å². The summed E-state index contributed by atoms with van der Waals surface area (Å²) in [6.45, 7) is 2.73. The lowest BCUT2D eigenvalue weighted by Crippen LogP contribution is -2.45. The largest absolute Gasteiger partial charge is 0.383 e. The van der Waals surface area contributed by atoms with Gasteiger partial charge in [0.2, 0.25) is 0 Å². The normalized spacial score (nSPS) is 16.5. The molecule has 3 aromatic rings. The van der Waals surface area contributed by atoms with Crippen LogP contribution >= 0.6 is 15.9 Å². The number of aliphatic hydroxyl groups is 1.